The summed E-state index contributed by atoms with van der Waals surface area (Å²) >= 11 is 0. The standard InChI is InChI=1S/C12H26N2O/c1-10-6-5-7-12(10,9-13)14(3)11(2)8-15-4/h10-11H,5-9,13H2,1-4H3. The largest absolute Gasteiger partial charge is 0.383 e. The van der Waals surface area contributed by atoms with Crippen molar-refractivity contribution in [1.29, 1.82) is 0 Å². The number of hydrogen-bond donors (Lipinski definition) is 1. The summed E-state index contributed by atoms with van der Waals surface area (Å²) in [4.78, 5) is 2.44. The van der Waals surface area contributed by atoms with E-state index in [0.717, 1.165) is 13.2 Å². The Bertz CT molecular complexity index is 198. The van der Waals surface area contributed by atoms with E-state index in [2.05, 4.69) is 25.8 Å². The Balaban J connectivity index is 2.72. The van der Waals surface area contributed by atoms with Gasteiger partial charge in [0, 0.05) is 25.2 Å². The maximum Gasteiger partial charge on any atom is 0.0615 e. The lowest BCUT2D eigenvalue weighted by molar-refractivity contribution is 0.0195. The van der Waals surface area contributed by atoms with Gasteiger partial charge in [0.1, 0.15) is 0 Å². The molecular weight excluding hydrogens is 188 g/mol. The van der Waals surface area contributed by atoms with Gasteiger partial charge in [-0.15, -0.1) is 0 Å². The van der Waals surface area contributed by atoms with E-state index in [4.69, 9.17) is 10.5 Å². The van der Waals surface area contributed by atoms with Crippen molar-refractivity contribution in [2.45, 2.75) is 44.7 Å². The van der Waals surface area contributed by atoms with Crippen LogP contribution in [0.1, 0.15) is 33.1 Å². The summed E-state index contributed by atoms with van der Waals surface area (Å²) in [5, 5.41) is 0. The molecule has 0 aliphatic heterocycles. The molecule has 90 valence electrons. The van der Waals surface area contributed by atoms with Crippen LogP contribution < -0.4 is 5.73 Å². The highest BCUT2D eigenvalue weighted by atomic mass is 16.5. The van der Waals surface area contributed by atoms with Crippen LogP contribution in [0, 0.1) is 5.92 Å². The van der Waals surface area contributed by atoms with E-state index in [0.29, 0.717) is 12.0 Å². The van der Waals surface area contributed by atoms with E-state index >= 15 is 0 Å². The molecule has 0 aromatic rings. The van der Waals surface area contributed by atoms with Crippen molar-refractivity contribution in [3.8, 4) is 0 Å². The molecule has 0 saturated heterocycles. The van der Waals surface area contributed by atoms with Gasteiger partial charge in [-0.1, -0.05) is 13.3 Å². The molecule has 15 heavy (non-hydrogen) atoms. The monoisotopic (exact) mass is 214 g/mol. The number of rotatable bonds is 5. The van der Waals surface area contributed by atoms with Crippen molar-refractivity contribution in [3.63, 3.8) is 0 Å². The first kappa shape index (κ1) is 12.9. The van der Waals surface area contributed by atoms with Gasteiger partial charge in [-0.2, -0.15) is 0 Å². The molecule has 0 aromatic heterocycles. The highest BCUT2D eigenvalue weighted by Gasteiger charge is 2.43. The molecule has 0 heterocycles. The summed E-state index contributed by atoms with van der Waals surface area (Å²) < 4.78 is 5.23. The molecule has 0 aromatic carbocycles. The van der Waals surface area contributed by atoms with Crippen LogP contribution in [0.3, 0.4) is 0 Å². The third kappa shape index (κ3) is 2.35. The highest BCUT2D eigenvalue weighted by Crippen LogP contribution is 2.39. The second kappa shape index (κ2) is 5.28. The van der Waals surface area contributed by atoms with Gasteiger partial charge in [0.15, 0.2) is 0 Å². The molecule has 3 unspecified atom stereocenters. The Morgan fingerprint density at radius 3 is 2.67 bits per heavy atom. The first-order valence-corrected chi connectivity index (χ1v) is 6.00. The summed E-state index contributed by atoms with van der Waals surface area (Å²) in [5.74, 6) is 0.701. The smallest absolute Gasteiger partial charge is 0.0615 e. The van der Waals surface area contributed by atoms with Gasteiger partial charge in [-0.05, 0) is 32.7 Å². The van der Waals surface area contributed by atoms with Crippen LogP contribution in [0.4, 0.5) is 0 Å². The predicted molar refractivity (Wildman–Crippen MR) is 63.9 cm³/mol. The van der Waals surface area contributed by atoms with Gasteiger partial charge < -0.3 is 10.5 Å². The maximum atomic E-state index is 6.01. The van der Waals surface area contributed by atoms with E-state index in [1.165, 1.54) is 19.3 Å². The molecule has 0 amide bonds. The van der Waals surface area contributed by atoms with Crippen molar-refractivity contribution in [2.24, 2.45) is 11.7 Å². The molecule has 0 radical (unpaired) electrons. The van der Waals surface area contributed by atoms with Crippen molar-refractivity contribution in [3.05, 3.63) is 0 Å². The number of ether oxygens (including phenoxy) is 1. The zero-order valence-electron chi connectivity index (χ0n) is 10.6. The van der Waals surface area contributed by atoms with E-state index in [1.807, 2.05) is 0 Å². The maximum absolute atomic E-state index is 6.01. The number of hydrogen-bond acceptors (Lipinski definition) is 3. The van der Waals surface area contributed by atoms with Crippen LogP contribution in [0.5, 0.6) is 0 Å². The van der Waals surface area contributed by atoms with Crippen LogP contribution in [-0.4, -0.2) is 43.8 Å². The van der Waals surface area contributed by atoms with Crippen LogP contribution in [0.25, 0.3) is 0 Å². The quantitative estimate of drug-likeness (QED) is 0.753. The Kier molecular flexibility index (Phi) is 4.56. The topological polar surface area (TPSA) is 38.5 Å². The van der Waals surface area contributed by atoms with Gasteiger partial charge in [-0.3, -0.25) is 4.90 Å². The molecule has 1 aliphatic rings. The van der Waals surface area contributed by atoms with Gasteiger partial charge in [0.2, 0.25) is 0 Å². The van der Waals surface area contributed by atoms with Crippen molar-refractivity contribution >= 4 is 0 Å². The lowest BCUT2D eigenvalue weighted by atomic mass is 9.86. The lowest BCUT2D eigenvalue weighted by Gasteiger charge is -2.44. The predicted octanol–water partition coefficient (Wildman–Crippen LogP) is 1.47. The third-order valence-corrected chi connectivity index (χ3v) is 4.29. The van der Waals surface area contributed by atoms with Gasteiger partial charge >= 0.3 is 0 Å². The molecule has 3 nitrogen and oxygen atoms in total. The van der Waals surface area contributed by atoms with Gasteiger partial charge in [0.25, 0.3) is 0 Å². The van der Waals surface area contributed by atoms with E-state index < -0.39 is 0 Å². The first-order chi connectivity index (χ1) is 7.08. The second-order valence-electron chi connectivity index (χ2n) is 5.02. The number of nitrogens with two attached hydrogens (primary N) is 1. The Labute approximate surface area is 94.0 Å². The molecule has 0 spiro atoms. The Hall–Kier alpha value is -0.120. The highest BCUT2D eigenvalue weighted by molar-refractivity contribution is 5.00. The van der Waals surface area contributed by atoms with Gasteiger partial charge in [-0.25, -0.2) is 0 Å². The fourth-order valence-corrected chi connectivity index (χ4v) is 2.99. The molecule has 1 fully saturated rings. The Morgan fingerprint density at radius 1 is 1.60 bits per heavy atom. The molecular formula is C12H26N2O. The number of nitrogens with zero attached hydrogens (tertiary/aromatic N) is 1. The number of methoxy groups -OCH3 is 1. The molecule has 0 bridgehead atoms. The van der Waals surface area contributed by atoms with Crippen molar-refractivity contribution in [2.75, 3.05) is 27.3 Å². The second-order valence-corrected chi connectivity index (χ2v) is 5.02. The SMILES string of the molecule is COCC(C)N(C)C1(CN)CCCC1C. The molecule has 2 N–H and O–H groups in total. The lowest BCUT2D eigenvalue weighted by Crippen LogP contribution is -2.57. The average Bonchev–Trinajstić information content (AvgIpc) is 2.60. The number of likely N-dealkylation sites (N-methyl/N-ethyl adjacent to an activating group) is 1. The fourth-order valence-electron chi connectivity index (χ4n) is 2.99. The van der Waals surface area contributed by atoms with Crippen molar-refractivity contribution < 1.29 is 4.74 Å². The zero-order valence-corrected chi connectivity index (χ0v) is 10.6. The summed E-state index contributed by atoms with van der Waals surface area (Å²) in [5.41, 5.74) is 6.22. The van der Waals surface area contributed by atoms with Crippen LogP contribution in [0.15, 0.2) is 0 Å². The molecule has 1 aliphatic carbocycles. The van der Waals surface area contributed by atoms with Crippen LogP contribution in [0.2, 0.25) is 0 Å². The van der Waals surface area contributed by atoms with E-state index in [-0.39, 0.29) is 5.54 Å². The zero-order chi connectivity index (χ0) is 11.5. The fraction of sp³-hybridized carbons (Fsp3) is 1.00. The normalized spacial score (nSPS) is 33.6. The summed E-state index contributed by atoms with van der Waals surface area (Å²) in [6, 6.07) is 0.444. The molecule has 3 heteroatoms. The minimum absolute atomic E-state index is 0.206. The summed E-state index contributed by atoms with van der Waals surface area (Å²) in [6.45, 7) is 6.09. The van der Waals surface area contributed by atoms with Crippen LogP contribution in [-0.2, 0) is 4.74 Å². The molecule has 1 rings (SSSR count). The molecule has 3 atom stereocenters. The summed E-state index contributed by atoms with van der Waals surface area (Å²) in [6.07, 6.45) is 3.85. The Morgan fingerprint density at radius 2 is 2.27 bits per heavy atom. The van der Waals surface area contributed by atoms with Crippen LogP contribution >= 0.6 is 0 Å². The third-order valence-electron chi connectivity index (χ3n) is 4.29. The van der Waals surface area contributed by atoms with E-state index in [9.17, 15) is 0 Å². The van der Waals surface area contributed by atoms with E-state index in [1.54, 1.807) is 7.11 Å². The molecule has 1 saturated carbocycles. The van der Waals surface area contributed by atoms with Crippen molar-refractivity contribution in [1.82, 2.24) is 4.90 Å². The summed E-state index contributed by atoms with van der Waals surface area (Å²) in [7, 11) is 3.95. The average molecular weight is 214 g/mol. The minimum Gasteiger partial charge on any atom is -0.383 e. The first-order valence-electron chi connectivity index (χ1n) is 6.00. The minimum atomic E-state index is 0.206. The van der Waals surface area contributed by atoms with Gasteiger partial charge in [0.05, 0.1) is 6.61 Å².